The van der Waals surface area contributed by atoms with Gasteiger partial charge in [-0.25, -0.2) is 4.79 Å². The zero-order valence-electron chi connectivity index (χ0n) is 14.7. The van der Waals surface area contributed by atoms with Crippen molar-refractivity contribution in [3.05, 3.63) is 57.3 Å². The van der Waals surface area contributed by atoms with Crippen molar-refractivity contribution in [3.8, 4) is 11.3 Å². The molecule has 1 aromatic heterocycles. The van der Waals surface area contributed by atoms with Crippen LogP contribution < -0.4 is 0 Å². The van der Waals surface area contributed by atoms with Crippen molar-refractivity contribution in [3.63, 3.8) is 0 Å². The summed E-state index contributed by atoms with van der Waals surface area (Å²) < 4.78 is 5.16. The van der Waals surface area contributed by atoms with Crippen LogP contribution in [0.4, 0.5) is 5.69 Å². The fourth-order valence-corrected chi connectivity index (χ4v) is 2.69. The van der Waals surface area contributed by atoms with E-state index in [4.69, 9.17) is 4.74 Å². The second-order valence-electron chi connectivity index (χ2n) is 5.76. The highest BCUT2D eigenvalue weighted by Gasteiger charge is 2.18. The van der Waals surface area contributed by atoms with E-state index in [1.165, 1.54) is 12.1 Å². The Bertz CT molecular complexity index is 770. The summed E-state index contributed by atoms with van der Waals surface area (Å²) in [5, 5.41) is 10.8. The van der Waals surface area contributed by atoms with E-state index in [2.05, 4.69) is 11.9 Å². The number of carbonyl (C=O) groups excluding carboxylic acids is 1. The lowest BCUT2D eigenvalue weighted by molar-refractivity contribution is -0.384. The van der Waals surface area contributed by atoms with Crippen molar-refractivity contribution >= 4 is 11.7 Å². The molecular formula is C19H22N2O4. The van der Waals surface area contributed by atoms with Crippen molar-refractivity contribution in [2.45, 2.75) is 40.0 Å². The molecule has 0 aliphatic heterocycles. The number of benzene rings is 1. The van der Waals surface area contributed by atoms with Crippen LogP contribution in [-0.2, 0) is 11.2 Å². The third-order valence-electron chi connectivity index (χ3n) is 3.94. The molecule has 2 rings (SSSR count). The molecule has 25 heavy (non-hydrogen) atoms. The minimum absolute atomic E-state index is 0.0369. The van der Waals surface area contributed by atoms with Gasteiger partial charge in [-0.15, -0.1) is 0 Å². The van der Waals surface area contributed by atoms with E-state index in [-0.39, 0.29) is 11.7 Å². The van der Waals surface area contributed by atoms with Crippen LogP contribution in [0.25, 0.3) is 11.3 Å². The van der Waals surface area contributed by atoms with E-state index in [1.807, 2.05) is 6.07 Å². The Balaban J connectivity index is 2.47. The van der Waals surface area contributed by atoms with Crippen LogP contribution in [-0.4, -0.2) is 22.5 Å². The monoisotopic (exact) mass is 342 g/mol. The molecule has 1 heterocycles. The molecule has 0 atom stereocenters. The summed E-state index contributed by atoms with van der Waals surface area (Å²) in [7, 11) is 0. The molecule has 2 aromatic rings. The van der Waals surface area contributed by atoms with Gasteiger partial charge in [0.25, 0.3) is 5.69 Å². The van der Waals surface area contributed by atoms with Gasteiger partial charge < -0.3 is 4.74 Å². The maximum atomic E-state index is 12.3. The average molecular weight is 342 g/mol. The normalized spacial score (nSPS) is 10.5. The van der Waals surface area contributed by atoms with E-state index in [0.717, 1.165) is 30.4 Å². The molecule has 0 radical (unpaired) electrons. The van der Waals surface area contributed by atoms with E-state index >= 15 is 0 Å². The van der Waals surface area contributed by atoms with Gasteiger partial charge in [0.05, 0.1) is 28.5 Å². The first-order valence-corrected chi connectivity index (χ1v) is 8.40. The Morgan fingerprint density at radius 2 is 1.92 bits per heavy atom. The van der Waals surface area contributed by atoms with Crippen LogP contribution in [0.15, 0.2) is 30.3 Å². The van der Waals surface area contributed by atoms with E-state index in [1.54, 1.807) is 26.0 Å². The van der Waals surface area contributed by atoms with Gasteiger partial charge >= 0.3 is 5.97 Å². The number of carbonyl (C=O) groups is 1. The lowest BCUT2D eigenvalue weighted by Gasteiger charge is -2.13. The predicted molar refractivity (Wildman–Crippen MR) is 95.6 cm³/mol. The molecule has 132 valence electrons. The smallest absolute Gasteiger partial charge is 0.340 e. The highest BCUT2D eigenvalue weighted by Crippen LogP contribution is 2.26. The lowest BCUT2D eigenvalue weighted by Crippen LogP contribution is -2.12. The summed E-state index contributed by atoms with van der Waals surface area (Å²) in [6, 6.07) is 8.14. The minimum atomic E-state index is -0.432. The molecule has 0 aliphatic rings. The Kier molecular flexibility index (Phi) is 6.22. The number of hydrogen-bond acceptors (Lipinski definition) is 5. The van der Waals surface area contributed by atoms with Crippen molar-refractivity contribution in [2.24, 2.45) is 0 Å². The quantitative estimate of drug-likeness (QED) is 0.421. The Labute approximate surface area is 147 Å². The number of rotatable bonds is 7. The topological polar surface area (TPSA) is 82.3 Å². The maximum Gasteiger partial charge on any atom is 0.340 e. The molecule has 0 saturated carbocycles. The molecule has 1 aromatic carbocycles. The number of pyridine rings is 1. The standard InChI is InChI=1S/C19H22N2O4/c1-4-6-7-15-12-17(14-8-10-16(11-9-14)21(23)24)20-13(3)18(15)19(22)25-5-2/h8-12H,4-7H2,1-3H3. The summed E-state index contributed by atoms with van der Waals surface area (Å²) in [5.41, 5.74) is 3.56. The van der Waals surface area contributed by atoms with E-state index in [9.17, 15) is 14.9 Å². The second kappa shape index (κ2) is 8.37. The molecule has 0 spiro atoms. The van der Waals surface area contributed by atoms with E-state index in [0.29, 0.717) is 23.6 Å². The molecule has 0 unspecified atom stereocenters. The van der Waals surface area contributed by atoms with Gasteiger partial charge in [0.1, 0.15) is 0 Å². The molecule has 0 fully saturated rings. The van der Waals surface area contributed by atoms with Crippen molar-refractivity contribution in [1.29, 1.82) is 0 Å². The molecule has 6 heteroatoms. The number of hydrogen-bond donors (Lipinski definition) is 0. The first-order valence-electron chi connectivity index (χ1n) is 8.40. The zero-order valence-corrected chi connectivity index (χ0v) is 14.7. The van der Waals surface area contributed by atoms with E-state index < -0.39 is 4.92 Å². The molecule has 0 N–H and O–H groups in total. The lowest BCUT2D eigenvalue weighted by atomic mass is 9.98. The van der Waals surface area contributed by atoms with Crippen molar-refractivity contribution < 1.29 is 14.5 Å². The van der Waals surface area contributed by atoms with Crippen LogP contribution in [0.3, 0.4) is 0 Å². The predicted octanol–water partition coefficient (Wildman–Crippen LogP) is 4.48. The third kappa shape index (κ3) is 4.41. The van der Waals surface area contributed by atoms with Gasteiger partial charge in [-0.2, -0.15) is 0 Å². The number of nitro groups is 1. The van der Waals surface area contributed by atoms with Gasteiger partial charge in [0.15, 0.2) is 0 Å². The highest BCUT2D eigenvalue weighted by molar-refractivity contribution is 5.92. The first-order chi connectivity index (χ1) is 12.0. The number of aromatic nitrogens is 1. The number of ether oxygens (including phenoxy) is 1. The Hall–Kier alpha value is -2.76. The number of nitro benzene ring substituents is 1. The number of esters is 1. The number of non-ortho nitro benzene ring substituents is 1. The van der Waals surface area contributed by atoms with Gasteiger partial charge in [-0.1, -0.05) is 13.3 Å². The summed E-state index contributed by atoms with van der Waals surface area (Å²) >= 11 is 0. The molecule has 0 aliphatic carbocycles. The highest BCUT2D eigenvalue weighted by atomic mass is 16.6. The van der Waals surface area contributed by atoms with Crippen molar-refractivity contribution in [2.75, 3.05) is 6.61 Å². The zero-order chi connectivity index (χ0) is 18.4. The summed E-state index contributed by atoms with van der Waals surface area (Å²) in [5.74, 6) is -0.353. The molecule has 0 amide bonds. The Morgan fingerprint density at radius 1 is 1.24 bits per heavy atom. The maximum absolute atomic E-state index is 12.3. The average Bonchev–Trinajstić information content (AvgIpc) is 2.59. The molecule has 0 saturated heterocycles. The fraction of sp³-hybridized carbons (Fsp3) is 0.368. The SMILES string of the molecule is CCCCc1cc(-c2ccc([N+](=O)[O-])cc2)nc(C)c1C(=O)OCC. The summed E-state index contributed by atoms with van der Waals surface area (Å²) in [6.45, 7) is 5.97. The van der Waals surface area contributed by atoms with Crippen LogP contribution in [0.1, 0.15) is 48.3 Å². The molecule has 0 bridgehead atoms. The van der Waals surface area contributed by atoms with Crippen LogP contribution >= 0.6 is 0 Å². The number of unbranched alkanes of at least 4 members (excludes halogenated alkanes) is 1. The third-order valence-corrected chi connectivity index (χ3v) is 3.94. The van der Waals surface area contributed by atoms with Crippen LogP contribution in [0, 0.1) is 17.0 Å². The van der Waals surface area contributed by atoms with Crippen LogP contribution in [0.2, 0.25) is 0 Å². The molecular weight excluding hydrogens is 320 g/mol. The van der Waals surface area contributed by atoms with Gasteiger partial charge in [-0.05, 0) is 50.5 Å². The van der Waals surface area contributed by atoms with Gasteiger partial charge in [0, 0.05) is 17.7 Å². The summed E-state index contributed by atoms with van der Waals surface area (Å²) in [4.78, 5) is 27.2. The number of nitrogens with zero attached hydrogens (tertiary/aromatic N) is 2. The van der Waals surface area contributed by atoms with Gasteiger partial charge in [0.2, 0.25) is 0 Å². The van der Waals surface area contributed by atoms with Crippen molar-refractivity contribution in [1.82, 2.24) is 4.98 Å². The second-order valence-corrected chi connectivity index (χ2v) is 5.76. The minimum Gasteiger partial charge on any atom is -0.462 e. The molecule has 6 nitrogen and oxygen atoms in total. The largest absolute Gasteiger partial charge is 0.462 e. The number of aryl methyl sites for hydroxylation is 2. The fourth-order valence-electron chi connectivity index (χ4n) is 2.69. The Morgan fingerprint density at radius 3 is 2.48 bits per heavy atom. The summed E-state index contributed by atoms with van der Waals surface area (Å²) in [6.07, 6.45) is 2.72. The van der Waals surface area contributed by atoms with Gasteiger partial charge in [-0.3, -0.25) is 15.1 Å². The van der Waals surface area contributed by atoms with Crippen LogP contribution in [0.5, 0.6) is 0 Å². The first kappa shape index (κ1) is 18.6.